The van der Waals surface area contributed by atoms with Crippen LogP contribution in [0.15, 0.2) is 73.3 Å². The molecule has 0 unspecified atom stereocenters. The number of aliphatic hydroxyl groups excluding tert-OH is 1. The average Bonchev–Trinajstić information content (AvgIpc) is 3.94. The Morgan fingerprint density at radius 3 is 1.86 bits per heavy atom. The fraction of sp³-hybridized carbons (Fsp3) is 0.395. The number of carbonyl (C=O) groups excluding carboxylic acids is 2. The van der Waals surface area contributed by atoms with Crippen LogP contribution in [0.5, 0.6) is 0 Å². The van der Waals surface area contributed by atoms with Crippen molar-refractivity contribution in [2.45, 2.75) is 88.9 Å². The van der Waals surface area contributed by atoms with Crippen molar-refractivity contribution in [3.8, 4) is 21.4 Å². The van der Waals surface area contributed by atoms with Gasteiger partial charge in [0.15, 0.2) is 11.6 Å². The Labute approximate surface area is 371 Å². The lowest BCUT2D eigenvalue weighted by atomic mass is 9.66. The summed E-state index contributed by atoms with van der Waals surface area (Å²) in [7, 11) is 1.89. The molecule has 2 fully saturated rings. The maximum absolute atomic E-state index is 14.7. The highest BCUT2D eigenvalue weighted by Gasteiger charge is 2.47. The van der Waals surface area contributed by atoms with Crippen molar-refractivity contribution < 1.29 is 28.2 Å². The van der Waals surface area contributed by atoms with E-state index in [1.54, 1.807) is 69.8 Å². The minimum Gasteiger partial charge on any atom is -0.443 e. The number of nitrogens with zero attached hydrogens (tertiary/aromatic N) is 10. The molecule has 20 heteroatoms. The van der Waals surface area contributed by atoms with Gasteiger partial charge in [-0.15, -0.1) is 43.1 Å². The summed E-state index contributed by atoms with van der Waals surface area (Å²) in [6, 6.07) is 13.1. The van der Waals surface area contributed by atoms with Crippen LogP contribution in [0.2, 0.25) is 0 Å². The highest BCUT2D eigenvalue weighted by molar-refractivity contribution is 7.15. The van der Waals surface area contributed by atoms with E-state index in [1.807, 2.05) is 24.1 Å². The number of anilines is 2. The van der Waals surface area contributed by atoms with E-state index >= 15 is 0 Å². The summed E-state index contributed by atoms with van der Waals surface area (Å²) >= 11 is 2.83. The van der Waals surface area contributed by atoms with Gasteiger partial charge >= 0.3 is 6.09 Å². The van der Waals surface area contributed by atoms with Gasteiger partial charge in [0.25, 0.3) is 0 Å². The van der Waals surface area contributed by atoms with Gasteiger partial charge in [-0.2, -0.15) is 0 Å². The zero-order valence-electron chi connectivity index (χ0n) is 35.3. The third-order valence-corrected chi connectivity index (χ3v) is 13.0. The third kappa shape index (κ3) is 10.1. The van der Waals surface area contributed by atoms with Gasteiger partial charge in [0.05, 0.1) is 17.8 Å². The lowest BCUT2D eigenvalue weighted by Crippen LogP contribution is -2.51. The number of hydrogen-bond donors (Lipinski definition) is 3. The van der Waals surface area contributed by atoms with E-state index in [0.29, 0.717) is 70.4 Å². The number of thiazole rings is 2. The quantitative estimate of drug-likeness (QED) is 0.110. The second kappa shape index (κ2) is 19.2. The molecule has 2 amide bonds. The average molecular weight is 899 g/mol. The predicted molar refractivity (Wildman–Crippen MR) is 235 cm³/mol. The Morgan fingerprint density at radius 2 is 1.38 bits per heavy atom. The van der Waals surface area contributed by atoms with Crippen LogP contribution < -0.4 is 20.9 Å². The zero-order chi connectivity index (χ0) is 44.8. The van der Waals surface area contributed by atoms with Crippen LogP contribution in [0.1, 0.15) is 80.4 Å². The maximum Gasteiger partial charge on any atom is 0.416 e. The molecule has 0 aromatic carbocycles. The van der Waals surface area contributed by atoms with Crippen LogP contribution in [0.3, 0.4) is 0 Å². The van der Waals surface area contributed by atoms with Crippen LogP contribution in [-0.2, 0) is 33.6 Å². The molecule has 16 nitrogen and oxygen atoms in total. The van der Waals surface area contributed by atoms with E-state index in [1.165, 1.54) is 39.7 Å². The lowest BCUT2D eigenvalue weighted by molar-refractivity contribution is -0.123. The molecule has 2 aliphatic carbocycles. The van der Waals surface area contributed by atoms with Gasteiger partial charge in [-0.05, 0) is 101 Å². The number of rotatable bonds is 13. The Kier molecular flexibility index (Phi) is 13.7. The summed E-state index contributed by atoms with van der Waals surface area (Å²) in [6.07, 6.45) is 11.0. The molecule has 6 aromatic rings. The van der Waals surface area contributed by atoms with Gasteiger partial charge in [-0.3, -0.25) is 19.7 Å². The minimum absolute atomic E-state index is 0.193. The first-order chi connectivity index (χ1) is 30.2. The van der Waals surface area contributed by atoms with E-state index in [-0.39, 0.29) is 18.2 Å². The van der Waals surface area contributed by atoms with Gasteiger partial charge in [-0.25, -0.2) is 23.5 Å². The topological polar surface area (TPSA) is 211 Å². The van der Waals surface area contributed by atoms with E-state index in [2.05, 4.69) is 45.6 Å². The predicted octanol–water partition coefficient (Wildman–Crippen LogP) is 6.71. The number of amides is 2. The normalized spacial score (nSPS) is 14.9. The van der Waals surface area contributed by atoms with Crippen molar-refractivity contribution in [2.24, 2.45) is 5.73 Å². The van der Waals surface area contributed by atoms with E-state index in [0.717, 1.165) is 35.4 Å². The molecule has 2 saturated carbocycles. The van der Waals surface area contributed by atoms with Crippen molar-refractivity contribution >= 4 is 46.3 Å². The van der Waals surface area contributed by atoms with Gasteiger partial charge in [0, 0.05) is 60.1 Å². The van der Waals surface area contributed by atoms with Crippen LogP contribution in [0.25, 0.3) is 21.4 Å². The van der Waals surface area contributed by atoms with Crippen LogP contribution >= 0.6 is 22.7 Å². The molecular weight excluding hydrogens is 851 g/mol. The Bertz CT molecular complexity index is 2510. The second-order valence-electron chi connectivity index (χ2n) is 16.3. The largest absolute Gasteiger partial charge is 0.443 e. The van der Waals surface area contributed by atoms with Gasteiger partial charge in [0.1, 0.15) is 50.9 Å². The number of halogens is 2. The van der Waals surface area contributed by atoms with E-state index in [9.17, 15) is 18.4 Å². The highest BCUT2D eigenvalue weighted by Crippen LogP contribution is 2.47. The van der Waals surface area contributed by atoms with E-state index < -0.39 is 35.2 Å². The summed E-state index contributed by atoms with van der Waals surface area (Å²) in [5.74, 6) is -0.160. The number of aromatic nitrogens is 8. The Balaban J connectivity index is 0.000000190. The monoisotopic (exact) mass is 898 g/mol. The maximum atomic E-state index is 14.7. The van der Waals surface area contributed by atoms with Crippen molar-refractivity contribution in [1.82, 2.24) is 45.6 Å². The Morgan fingerprint density at radius 1 is 0.810 bits per heavy atom. The van der Waals surface area contributed by atoms with Crippen molar-refractivity contribution in [3.63, 3.8) is 0 Å². The standard InChI is InChI=1S/C23H27FN6O2S.C20H21FN6O2S/c1-22(2,3)32-21(31)30(14-23(9-5-10-23)19-16(24)6-4-11-26-19)18-8-7-17(28-29-18)20-27-13-15(12-25)33-20;1-27(20(7-3-8-20)18-14(21)4-2-9-22-18)16-6-5-15(25-26-16)19-24-11-13(30-19)10-23-17(29)12-28/h4,6-8,11,13H,5,9-10,12,14,25H2,1-3H3;2,4-6,9,11,28H,3,7-8,10,12H2,1H3,(H,23,29). The van der Waals surface area contributed by atoms with Crippen LogP contribution in [0.4, 0.5) is 25.2 Å². The number of nitrogens with one attached hydrogen (secondary N) is 1. The molecule has 6 heterocycles. The molecule has 0 saturated heterocycles. The number of hydrogen-bond acceptors (Lipinski definition) is 16. The minimum atomic E-state index is -0.703. The summed E-state index contributed by atoms with van der Waals surface area (Å²) in [5, 5.41) is 29.9. The molecule has 8 rings (SSSR count). The van der Waals surface area contributed by atoms with Crippen molar-refractivity contribution in [1.29, 1.82) is 0 Å². The van der Waals surface area contributed by atoms with Gasteiger partial charge in [0.2, 0.25) is 5.91 Å². The zero-order valence-corrected chi connectivity index (χ0v) is 36.9. The molecule has 330 valence electrons. The van der Waals surface area contributed by atoms with E-state index in [4.69, 9.17) is 15.6 Å². The fourth-order valence-electron chi connectivity index (χ4n) is 7.37. The summed E-state index contributed by atoms with van der Waals surface area (Å²) in [4.78, 5) is 46.8. The van der Waals surface area contributed by atoms with Crippen molar-refractivity contribution in [3.05, 3.63) is 106 Å². The van der Waals surface area contributed by atoms with Crippen LogP contribution in [-0.4, -0.2) is 83.2 Å². The first-order valence-electron chi connectivity index (χ1n) is 20.4. The second-order valence-corrected chi connectivity index (χ2v) is 18.5. The molecule has 4 N–H and O–H groups in total. The highest BCUT2D eigenvalue weighted by atomic mass is 32.1. The van der Waals surface area contributed by atoms with Crippen LogP contribution in [0, 0.1) is 11.6 Å². The Hall–Kier alpha value is -5.96. The summed E-state index contributed by atoms with van der Waals surface area (Å²) in [5.41, 5.74) is 5.86. The molecule has 6 aromatic heterocycles. The first-order valence-corrected chi connectivity index (χ1v) is 22.0. The lowest BCUT2D eigenvalue weighted by Gasteiger charge is -2.48. The molecular formula is C43H48F2N12O4S2. The van der Waals surface area contributed by atoms with Crippen molar-refractivity contribution in [2.75, 3.05) is 30.0 Å². The van der Waals surface area contributed by atoms with Gasteiger partial charge in [-0.1, -0.05) is 6.42 Å². The number of pyridine rings is 2. The fourth-order valence-corrected chi connectivity index (χ4v) is 8.94. The summed E-state index contributed by atoms with van der Waals surface area (Å²) in [6.45, 7) is 5.74. The molecule has 2 aliphatic rings. The SMILES string of the molecule is CC(C)(C)OC(=O)N(CC1(c2ncccc2F)CCC1)c1ccc(-c2ncc(CN)s2)nn1.CN(c1ccc(-c2ncc(CNC(=O)CO)s2)nn1)C1(c2ncccc2F)CCC1. The molecule has 0 radical (unpaired) electrons. The van der Waals surface area contributed by atoms with Gasteiger partial charge < -0.3 is 25.8 Å². The number of aliphatic hydroxyl groups is 1. The molecule has 0 bridgehead atoms. The molecule has 0 spiro atoms. The third-order valence-electron chi connectivity index (χ3n) is 10.9. The smallest absolute Gasteiger partial charge is 0.416 e. The number of nitrogens with two attached hydrogens (primary N) is 1. The molecule has 0 atom stereocenters. The number of ether oxygens (including phenoxy) is 1. The summed E-state index contributed by atoms with van der Waals surface area (Å²) < 4.78 is 34.7. The molecule has 63 heavy (non-hydrogen) atoms. The first kappa shape index (κ1) is 45.1. The number of carbonyl (C=O) groups is 2. The molecule has 0 aliphatic heterocycles.